The van der Waals surface area contributed by atoms with Gasteiger partial charge >= 0.3 is 0 Å². The van der Waals surface area contributed by atoms with Crippen LogP contribution in [0.5, 0.6) is 0 Å². The number of aromatic nitrogens is 2. The van der Waals surface area contributed by atoms with Crippen LogP contribution in [-0.2, 0) is 0 Å². The number of anilines is 1. The molecular formula is C22H31N5O4. The summed E-state index contributed by atoms with van der Waals surface area (Å²) in [6.07, 6.45) is 8.39. The molecule has 2 heterocycles. The monoisotopic (exact) mass is 429 g/mol. The molecular weight excluding hydrogens is 398 g/mol. The maximum Gasteiger partial charge on any atom is 0.293 e. The van der Waals surface area contributed by atoms with Gasteiger partial charge in [-0.15, -0.1) is 0 Å². The van der Waals surface area contributed by atoms with Crippen molar-refractivity contribution in [1.82, 2.24) is 14.9 Å². The van der Waals surface area contributed by atoms with Gasteiger partial charge in [-0.25, -0.2) is 9.97 Å². The third-order valence-electron chi connectivity index (χ3n) is 5.73. The molecule has 2 unspecified atom stereocenters. The molecule has 1 fully saturated rings. The lowest BCUT2D eigenvalue weighted by atomic mass is 9.99. The first kappa shape index (κ1) is 23.1. The van der Waals surface area contributed by atoms with Crippen LogP contribution >= 0.6 is 0 Å². The normalized spacial score (nSPS) is 19.3. The number of unbranched alkanes of at least 4 members (excludes halogenated alkanes) is 3. The van der Waals surface area contributed by atoms with E-state index >= 15 is 0 Å². The molecule has 2 aromatic rings. The lowest BCUT2D eigenvalue weighted by molar-refractivity contribution is -0.383. The fraction of sp³-hybridized carbons (Fsp3) is 0.545. The second-order valence-corrected chi connectivity index (χ2v) is 7.95. The molecule has 1 aromatic heterocycles. The Morgan fingerprint density at radius 1 is 1.19 bits per heavy atom. The third-order valence-corrected chi connectivity index (χ3v) is 5.73. The zero-order valence-corrected chi connectivity index (χ0v) is 17.7. The minimum absolute atomic E-state index is 0.0206. The van der Waals surface area contributed by atoms with Crippen molar-refractivity contribution in [2.45, 2.75) is 50.7 Å². The number of nitrogens with zero attached hydrogens (tertiary/aromatic N) is 4. The number of nitro benzene ring substituents is 1. The van der Waals surface area contributed by atoms with Crippen LogP contribution in [0.4, 0.5) is 11.4 Å². The van der Waals surface area contributed by atoms with Crippen LogP contribution < -0.4 is 5.32 Å². The molecule has 31 heavy (non-hydrogen) atoms. The summed E-state index contributed by atoms with van der Waals surface area (Å²) in [7, 11) is 0. The van der Waals surface area contributed by atoms with Crippen LogP contribution in [0.15, 0.2) is 36.7 Å². The Morgan fingerprint density at radius 2 is 1.97 bits per heavy atom. The Kier molecular flexibility index (Phi) is 8.69. The highest BCUT2D eigenvalue weighted by atomic mass is 16.6. The van der Waals surface area contributed by atoms with Gasteiger partial charge in [0.1, 0.15) is 5.69 Å². The van der Waals surface area contributed by atoms with Crippen LogP contribution in [-0.4, -0.2) is 68.4 Å². The Bertz CT molecular complexity index is 836. The van der Waals surface area contributed by atoms with Gasteiger partial charge in [0.25, 0.3) is 5.69 Å². The molecule has 0 amide bonds. The van der Waals surface area contributed by atoms with E-state index < -0.39 is 0 Å². The Balaban J connectivity index is 1.41. The quantitative estimate of drug-likeness (QED) is 0.283. The zero-order chi connectivity index (χ0) is 22.1. The van der Waals surface area contributed by atoms with Gasteiger partial charge in [-0.05, 0) is 50.4 Å². The largest absolute Gasteiger partial charge is 0.395 e. The highest BCUT2D eigenvalue weighted by Crippen LogP contribution is 2.29. The molecule has 9 heteroatoms. The Morgan fingerprint density at radius 3 is 2.71 bits per heavy atom. The van der Waals surface area contributed by atoms with E-state index in [1.54, 1.807) is 30.6 Å². The molecule has 1 saturated heterocycles. The fourth-order valence-electron chi connectivity index (χ4n) is 4.00. The molecule has 0 bridgehead atoms. The van der Waals surface area contributed by atoms with Crippen LogP contribution in [0.3, 0.4) is 0 Å². The van der Waals surface area contributed by atoms with E-state index in [0.717, 1.165) is 45.2 Å². The molecule has 0 radical (unpaired) electrons. The Labute approximate surface area is 182 Å². The van der Waals surface area contributed by atoms with Crippen molar-refractivity contribution >= 4 is 11.4 Å². The minimum Gasteiger partial charge on any atom is -0.395 e. The summed E-state index contributed by atoms with van der Waals surface area (Å²) in [5, 5.41) is 33.9. The SMILES string of the molecule is O=[N+]([O-])c1cc(-c2ncccn2)ccc1NCCCCCCN1CCC(O)CC1CO. The summed E-state index contributed by atoms with van der Waals surface area (Å²) in [6.45, 7) is 2.52. The number of hydrogen-bond acceptors (Lipinski definition) is 8. The molecule has 1 aliphatic heterocycles. The lowest BCUT2D eigenvalue weighted by Crippen LogP contribution is -2.46. The maximum atomic E-state index is 11.5. The van der Waals surface area contributed by atoms with Crippen molar-refractivity contribution in [1.29, 1.82) is 0 Å². The summed E-state index contributed by atoms with van der Waals surface area (Å²) in [6, 6.07) is 6.78. The number of nitrogens with one attached hydrogen (secondary N) is 1. The molecule has 9 nitrogen and oxygen atoms in total. The van der Waals surface area contributed by atoms with Crippen molar-refractivity contribution in [2.24, 2.45) is 0 Å². The van der Waals surface area contributed by atoms with Crippen LogP contribution in [0.1, 0.15) is 38.5 Å². The first-order valence-corrected chi connectivity index (χ1v) is 10.9. The number of aliphatic hydroxyl groups is 2. The molecule has 168 valence electrons. The second-order valence-electron chi connectivity index (χ2n) is 7.95. The minimum atomic E-state index is -0.387. The standard InChI is InChI=1S/C22H31N5O4/c28-16-18-15-19(29)8-13-26(18)12-4-2-1-3-9-23-20-7-6-17(14-21(20)27(30)31)22-24-10-5-11-25-22/h5-7,10-11,14,18-19,23,28-29H,1-4,8-9,12-13,15-16H2. The number of nitro groups is 1. The van der Waals surface area contributed by atoms with Crippen LogP contribution in [0, 0.1) is 10.1 Å². The summed E-state index contributed by atoms with van der Waals surface area (Å²) >= 11 is 0. The van der Waals surface area contributed by atoms with Gasteiger partial charge in [-0.3, -0.25) is 15.0 Å². The summed E-state index contributed by atoms with van der Waals surface area (Å²) in [5.41, 5.74) is 1.14. The molecule has 0 saturated carbocycles. The average Bonchev–Trinajstić information content (AvgIpc) is 2.79. The first-order chi connectivity index (χ1) is 15.1. The van der Waals surface area contributed by atoms with E-state index in [-0.39, 0.29) is 29.4 Å². The number of likely N-dealkylation sites (tertiary alicyclic amines) is 1. The highest BCUT2D eigenvalue weighted by molar-refractivity contribution is 5.70. The predicted molar refractivity (Wildman–Crippen MR) is 119 cm³/mol. The number of rotatable bonds is 11. The van der Waals surface area contributed by atoms with E-state index in [1.807, 2.05) is 0 Å². The van der Waals surface area contributed by atoms with Gasteiger partial charge in [0, 0.05) is 43.2 Å². The van der Waals surface area contributed by atoms with Gasteiger partial charge in [0.15, 0.2) is 5.82 Å². The molecule has 0 spiro atoms. The van der Waals surface area contributed by atoms with Crippen LogP contribution in [0.2, 0.25) is 0 Å². The van der Waals surface area contributed by atoms with E-state index in [4.69, 9.17) is 0 Å². The molecule has 1 aliphatic rings. The number of hydrogen-bond donors (Lipinski definition) is 3. The summed E-state index contributed by atoms with van der Waals surface area (Å²) in [4.78, 5) is 21.7. The van der Waals surface area contributed by atoms with Gasteiger partial charge in [0.2, 0.25) is 0 Å². The smallest absolute Gasteiger partial charge is 0.293 e. The summed E-state index contributed by atoms with van der Waals surface area (Å²) in [5.74, 6) is 0.462. The fourth-order valence-corrected chi connectivity index (χ4v) is 4.00. The number of aliphatic hydroxyl groups excluding tert-OH is 2. The Hall–Kier alpha value is -2.62. The van der Waals surface area contributed by atoms with Crippen LogP contribution in [0.25, 0.3) is 11.4 Å². The molecule has 0 aliphatic carbocycles. The van der Waals surface area contributed by atoms with E-state index in [9.17, 15) is 20.3 Å². The van der Waals surface area contributed by atoms with Gasteiger partial charge in [0.05, 0.1) is 17.6 Å². The van der Waals surface area contributed by atoms with E-state index in [1.165, 1.54) is 6.07 Å². The lowest BCUT2D eigenvalue weighted by Gasteiger charge is -2.36. The third kappa shape index (κ3) is 6.68. The number of benzene rings is 1. The van der Waals surface area contributed by atoms with E-state index in [2.05, 4.69) is 20.2 Å². The molecule has 3 N–H and O–H groups in total. The van der Waals surface area contributed by atoms with Crippen molar-refractivity contribution in [3.05, 3.63) is 46.8 Å². The predicted octanol–water partition coefficient (Wildman–Crippen LogP) is 2.84. The molecule has 1 aromatic carbocycles. The average molecular weight is 430 g/mol. The van der Waals surface area contributed by atoms with Crippen molar-refractivity contribution in [3.63, 3.8) is 0 Å². The zero-order valence-electron chi connectivity index (χ0n) is 17.7. The number of piperidine rings is 1. The highest BCUT2D eigenvalue weighted by Gasteiger charge is 2.26. The van der Waals surface area contributed by atoms with Gasteiger partial charge < -0.3 is 15.5 Å². The van der Waals surface area contributed by atoms with Crippen molar-refractivity contribution in [3.8, 4) is 11.4 Å². The van der Waals surface area contributed by atoms with Gasteiger partial charge in [-0.2, -0.15) is 0 Å². The van der Waals surface area contributed by atoms with Crippen molar-refractivity contribution < 1.29 is 15.1 Å². The maximum absolute atomic E-state index is 11.5. The van der Waals surface area contributed by atoms with Crippen molar-refractivity contribution in [2.75, 3.05) is 31.6 Å². The van der Waals surface area contributed by atoms with E-state index in [0.29, 0.717) is 30.0 Å². The first-order valence-electron chi connectivity index (χ1n) is 10.9. The molecule has 2 atom stereocenters. The summed E-state index contributed by atoms with van der Waals surface area (Å²) < 4.78 is 0. The molecule has 3 rings (SSSR count). The second kappa shape index (κ2) is 11.7. The topological polar surface area (TPSA) is 125 Å². The van der Waals surface area contributed by atoms with Gasteiger partial charge in [-0.1, -0.05) is 12.8 Å².